The SMILES string of the molecule is Cc1cc(C)cc(NC(N)=NCCn2cc([N+](=O)[O-])cn2)c1. The summed E-state index contributed by atoms with van der Waals surface area (Å²) in [4.78, 5) is 14.2. The number of nitro groups is 1. The van der Waals surface area contributed by atoms with Crippen LogP contribution in [0.15, 0.2) is 35.6 Å². The van der Waals surface area contributed by atoms with Gasteiger partial charge in [-0.25, -0.2) is 0 Å². The van der Waals surface area contributed by atoms with Crippen LogP contribution in [-0.2, 0) is 6.54 Å². The molecule has 0 atom stereocenters. The molecule has 0 fully saturated rings. The lowest BCUT2D eigenvalue weighted by Crippen LogP contribution is -2.23. The van der Waals surface area contributed by atoms with Crippen molar-refractivity contribution in [1.29, 1.82) is 0 Å². The van der Waals surface area contributed by atoms with Crippen LogP contribution >= 0.6 is 0 Å². The van der Waals surface area contributed by atoms with Crippen LogP contribution in [0.25, 0.3) is 0 Å². The van der Waals surface area contributed by atoms with Gasteiger partial charge in [0.1, 0.15) is 12.4 Å². The Morgan fingerprint density at radius 2 is 2.09 bits per heavy atom. The van der Waals surface area contributed by atoms with Crippen LogP contribution in [0.5, 0.6) is 0 Å². The maximum Gasteiger partial charge on any atom is 0.306 e. The van der Waals surface area contributed by atoms with E-state index < -0.39 is 4.92 Å². The molecular formula is C14H18N6O2. The normalized spacial score (nSPS) is 11.5. The van der Waals surface area contributed by atoms with Gasteiger partial charge in [-0.05, 0) is 37.1 Å². The minimum absolute atomic E-state index is 0.0367. The third kappa shape index (κ3) is 4.30. The van der Waals surface area contributed by atoms with E-state index >= 15 is 0 Å². The average Bonchev–Trinajstić information content (AvgIpc) is 2.86. The summed E-state index contributed by atoms with van der Waals surface area (Å²) in [6.45, 7) is 4.82. The largest absolute Gasteiger partial charge is 0.370 e. The molecule has 1 heterocycles. The molecule has 2 aromatic rings. The molecule has 8 nitrogen and oxygen atoms in total. The second kappa shape index (κ2) is 6.70. The molecule has 116 valence electrons. The maximum atomic E-state index is 10.5. The van der Waals surface area contributed by atoms with E-state index in [0.29, 0.717) is 19.0 Å². The first-order valence-electron chi connectivity index (χ1n) is 6.76. The summed E-state index contributed by atoms with van der Waals surface area (Å²) in [7, 11) is 0. The van der Waals surface area contributed by atoms with Crippen LogP contribution in [0.3, 0.4) is 0 Å². The molecule has 0 spiro atoms. The average molecular weight is 302 g/mol. The fourth-order valence-electron chi connectivity index (χ4n) is 2.08. The van der Waals surface area contributed by atoms with Crippen LogP contribution in [0.4, 0.5) is 11.4 Å². The molecule has 0 aliphatic carbocycles. The van der Waals surface area contributed by atoms with E-state index in [-0.39, 0.29) is 5.69 Å². The number of nitrogens with one attached hydrogen (secondary N) is 1. The van der Waals surface area contributed by atoms with Crippen LogP contribution in [0.1, 0.15) is 11.1 Å². The van der Waals surface area contributed by atoms with Crippen molar-refractivity contribution in [2.24, 2.45) is 10.7 Å². The number of guanidine groups is 1. The van der Waals surface area contributed by atoms with Crippen LogP contribution < -0.4 is 11.1 Å². The van der Waals surface area contributed by atoms with Gasteiger partial charge in [-0.15, -0.1) is 0 Å². The highest BCUT2D eigenvalue weighted by atomic mass is 16.6. The number of aryl methyl sites for hydroxylation is 2. The van der Waals surface area contributed by atoms with Gasteiger partial charge in [-0.2, -0.15) is 5.10 Å². The fourth-order valence-corrected chi connectivity index (χ4v) is 2.08. The molecule has 2 rings (SSSR count). The maximum absolute atomic E-state index is 10.5. The minimum Gasteiger partial charge on any atom is -0.370 e. The molecule has 1 aromatic heterocycles. The van der Waals surface area contributed by atoms with Gasteiger partial charge in [0.2, 0.25) is 0 Å². The monoisotopic (exact) mass is 302 g/mol. The summed E-state index contributed by atoms with van der Waals surface area (Å²) in [5.74, 6) is 0.298. The lowest BCUT2D eigenvalue weighted by atomic mass is 10.1. The van der Waals surface area contributed by atoms with Gasteiger partial charge >= 0.3 is 5.69 Å². The Balaban J connectivity index is 1.90. The van der Waals surface area contributed by atoms with Gasteiger partial charge in [0.05, 0.1) is 18.0 Å². The van der Waals surface area contributed by atoms with Gasteiger partial charge in [0.25, 0.3) is 0 Å². The highest BCUT2D eigenvalue weighted by molar-refractivity contribution is 5.92. The highest BCUT2D eigenvalue weighted by Gasteiger charge is 2.07. The zero-order valence-corrected chi connectivity index (χ0v) is 12.5. The number of rotatable bonds is 5. The standard InChI is InChI=1S/C14H18N6O2/c1-10-5-11(2)7-12(6-10)18-14(15)16-3-4-19-9-13(8-17-19)20(21)22/h5-9H,3-4H2,1-2H3,(H3,15,16,18). The number of hydrogen-bond acceptors (Lipinski definition) is 4. The van der Waals surface area contributed by atoms with Gasteiger partial charge < -0.3 is 11.1 Å². The summed E-state index contributed by atoms with van der Waals surface area (Å²) in [6.07, 6.45) is 2.57. The Morgan fingerprint density at radius 3 is 2.68 bits per heavy atom. The molecule has 0 radical (unpaired) electrons. The number of aliphatic imine (C=N–C) groups is 1. The first-order valence-corrected chi connectivity index (χ1v) is 6.76. The first kappa shape index (κ1) is 15.5. The van der Waals surface area contributed by atoms with Crippen LogP contribution in [-0.4, -0.2) is 27.2 Å². The summed E-state index contributed by atoms with van der Waals surface area (Å²) in [6, 6.07) is 6.03. The number of nitrogens with two attached hydrogens (primary N) is 1. The number of benzene rings is 1. The fraction of sp³-hybridized carbons (Fsp3) is 0.286. The van der Waals surface area contributed by atoms with Crippen LogP contribution in [0, 0.1) is 24.0 Å². The molecule has 3 N–H and O–H groups in total. The molecule has 0 unspecified atom stereocenters. The van der Waals surface area contributed by atoms with E-state index in [1.165, 1.54) is 17.1 Å². The molecule has 22 heavy (non-hydrogen) atoms. The Bertz CT molecular complexity index is 687. The summed E-state index contributed by atoms with van der Waals surface area (Å²) in [5, 5.41) is 17.5. The van der Waals surface area contributed by atoms with E-state index in [1.807, 2.05) is 26.0 Å². The van der Waals surface area contributed by atoms with Crippen LogP contribution in [0.2, 0.25) is 0 Å². The van der Waals surface area contributed by atoms with Gasteiger partial charge in [-0.1, -0.05) is 6.07 Å². The Labute approximate surface area is 127 Å². The molecule has 0 saturated carbocycles. The second-order valence-electron chi connectivity index (χ2n) is 4.99. The summed E-state index contributed by atoms with van der Waals surface area (Å²) >= 11 is 0. The van der Waals surface area contributed by atoms with Crippen molar-refractivity contribution in [2.45, 2.75) is 20.4 Å². The van der Waals surface area contributed by atoms with E-state index in [1.54, 1.807) is 0 Å². The van der Waals surface area contributed by atoms with Crippen molar-refractivity contribution in [2.75, 3.05) is 11.9 Å². The quantitative estimate of drug-likeness (QED) is 0.379. The molecule has 0 amide bonds. The number of hydrogen-bond donors (Lipinski definition) is 2. The number of anilines is 1. The Kier molecular flexibility index (Phi) is 4.72. The van der Waals surface area contributed by atoms with Crippen molar-refractivity contribution in [3.63, 3.8) is 0 Å². The van der Waals surface area contributed by atoms with E-state index in [0.717, 1.165) is 16.8 Å². The Hall–Kier alpha value is -2.90. The minimum atomic E-state index is -0.483. The lowest BCUT2D eigenvalue weighted by molar-refractivity contribution is -0.385. The van der Waals surface area contributed by atoms with Gasteiger partial charge in [-0.3, -0.25) is 19.8 Å². The number of nitrogens with zero attached hydrogens (tertiary/aromatic N) is 4. The smallest absolute Gasteiger partial charge is 0.306 e. The van der Waals surface area contributed by atoms with Crippen molar-refractivity contribution in [3.05, 3.63) is 51.8 Å². The molecule has 0 aliphatic rings. The van der Waals surface area contributed by atoms with Gasteiger partial charge in [0, 0.05) is 5.69 Å². The predicted octanol–water partition coefficient (Wildman–Crippen LogP) is 1.83. The van der Waals surface area contributed by atoms with E-state index in [2.05, 4.69) is 21.5 Å². The summed E-state index contributed by atoms with van der Waals surface area (Å²) in [5.41, 5.74) is 8.95. The third-order valence-electron chi connectivity index (χ3n) is 2.94. The van der Waals surface area contributed by atoms with Crippen molar-refractivity contribution in [1.82, 2.24) is 9.78 Å². The topological polar surface area (TPSA) is 111 Å². The van der Waals surface area contributed by atoms with E-state index in [4.69, 9.17) is 5.73 Å². The van der Waals surface area contributed by atoms with Crippen molar-refractivity contribution in [3.8, 4) is 0 Å². The lowest BCUT2D eigenvalue weighted by Gasteiger charge is -2.08. The second-order valence-corrected chi connectivity index (χ2v) is 4.99. The third-order valence-corrected chi connectivity index (χ3v) is 2.94. The zero-order chi connectivity index (χ0) is 16.1. The summed E-state index contributed by atoms with van der Waals surface area (Å²) < 4.78 is 1.46. The molecule has 0 aliphatic heterocycles. The Morgan fingerprint density at radius 1 is 1.41 bits per heavy atom. The predicted molar refractivity (Wildman–Crippen MR) is 84.9 cm³/mol. The van der Waals surface area contributed by atoms with Crippen molar-refractivity contribution < 1.29 is 4.92 Å². The van der Waals surface area contributed by atoms with Gasteiger partial charge in [0.15, 0.2) is 5.96 Å². The van der Waals surface area contributed by atoms with Crippen molar-refractivity contribution >= 4 is 17.3 Å². The molecule has 0 saturated heterocycles. The number of aromatic nitrogens is 2. The highest BCUT2D eigenvalue weighted by Crippen LogP contribution is 2.13. The molecular weight excluding hydrogens is 284 g/mol. The molecule has 0 bridgehead atoms. The molecule has 8 heteroatoms. The first-order chi connectivity index (χ1) is 10.4. The zero-order valence-electron chi connectivity index (χ0n) is 12.5. The molecule has 1 aromatic carbocycles. The van der Waals surface area contributed by atoms with E-state index in [9.17, 15) is 10.1 Å².